The van der Waals surface area contributed by atoms with Crippen molar-refractivity contribution in [1.82, 2.24) is 4.90 Å². The van der Waals surface area contributed by atoms with Crippen LogP contribution in [0.2, 0.25) is 0 Å². The molecule has 2 heteroatoms. The zero-order valence-electron chi connectivity index (χ0n) is 12.8. The SMILES string of the molecule is CCCC(CBr)(CCC)CN(C)CC(C)(C)C. The second kappa shape index (κ2) is 7.78. The van der Waals surface area contributed by atoms with Crippen molar-refractivity contribution in [3.63, 3.8) is 0 Å². The van der Waals surface area contributed by atoms with Gasteiger partial charge >= 0.3 is 0 Å². The van der Waals surface area contributed by atoms with E-state index in [-0.39, 0.29) is 0 Å². The first-order chi connectivity index (χ1) is 7.78. The smallest absolute Gasteiger partial charge is 0.0100 e. The molecule has 0 aliphatic heterocycles. The molecule has 0 aliphatic carbocycles. The van der Waals surface area contributed by atoms with E-state index < -0.39 is 0 Å². The number of halogens is 1. The molecular formula is C15H32BrN. The maximum atomic E-state index is 3.76. The Hall–Kier alpha value is 0.440. The molecule has 0 heterocycles. The Bertz CT molecular complexity index is 190. The van der Waals surface area contributed by atoms with Crippen LogP contribution >= 0.6 is 15.9 Å². The van der Waals surface area contributed by atoms with Crippen LogP contribution in [-0.4, -0.2) is 30.4 Å². The highest BCUT2D eigenvalue weighted by atomic mass is 79.9. The van der Waals surface area contributed by atoms with Gasteiger partial charge in [0, 0.05) is 18.4 Å². The quantitative estimate of drug-likeness (QED) is 0.574. The largest absolute Gasteiger partial charge is 0.305 e. The predicted octanol–water partition coefficient (Wildman–Crippen LogP) is 4.95. The monoisotopic (exact) mass is 305 g/mol. The van der Waals surface area contributed by atoms with Gasteiger partial charge in [0.2, 0.25) is 0 Å². The molecule has 0 aromatic carbocycles. The summed E-state index contributed by atoms with van der Waals surface area (Å²) in [7, 11) is 2.27. The number of alkyl halides is 1. The standard InChI is InChI=1S/C15H32BrN/c1-7-9-15(11-16,10-8-2)13-17(6)12-14(3,4)5/h7-13H2,1-6H3. The highest BCUT2D eigenvalue weighted by Gasteiger charge is 2.29. The number of rotatable bonds is 8. The molecule has 0 amide bonds. The number of hydrogen-bond acceptors (Lipinski definition) is 1. The van der Waals surface area contributed by atoms with Gasteiger partial charge in [-0.1, -0.05) is 63.4 Å². The lowest BCUT2D eigenvalue weighted by atomic mass is 9.80. The topological polar surface area (TPSA) is 3.24 Å². The molecule has 0 aliphatic rings. The van der Waals surface area contributed by atoms with E-state index in [1.54, 1.807) is 0 Å². The third-order valence-corrected chi connectivity index (χ3v) is 4.38. The summed E-state index contributed by atoms with van der Waals surface area (Å²) in [6.45, 7) is 14.0. The average molecular weight is 306 g/mol. The van der Waals surface area contributed by atoms with E-state index in [2.05, 4.69) is 62.5 Å². The van der Waals surface area contributed by atoms with E-state index in [1.165, 1.54) is 38.8 Å². The fourth-order valence-electron chi connectivity index (χ4n) is 2.96. The summed E-state index contributed by atoms with van der Waals surface area (Å²) in [5, 5.41) is 1.14. The van der Waals surface area contributed by atoms with Crippen molar-refractivity contribution in [2.24, 2.45) is 10.8 Å². The van der Waals surface area contributed by atoms with Crippen molar-refractivity contribution < 1.29 is 0 Å². The van der Waals surface area contributed by atoms with Crippen LogP contribution in [0, 0.1) is 10.8 Å². The van der Waals surface area contributed by atoms with Gasteiger partial charge in [0.1, 0.15) is 0 Å². The molecule has 104 valence electrons. The summed E-state index contributed by atoms with van der Waals surface area (Å²) in [4.78, 5) is 2.52. The summed E-state index contributed by atoms with van der Waals surface area (Å²) >= 11 is 3.76. The van der Waals surface area contributed by atoms with Crippen LogP contribution in [0.1, 0.15) is 60.3 Å². The molecule has 1 nitrogen and oxygen atoms in total. The van der Waals surface area contributed by atoms with Gasteiger partial charge < -0.3 is 4.90 Å². The van der Waals surface area contributed by atoms with Crippen molar-refractivity contribution in [2.75, 3.05) is 25.5 Å². The first kappa shape index (κ1) is 17.4. The van der Waals surface area contributed by atoms with Crippen LogP contribution in [0.5, 0.6) is 0 Å². The summed E-state index contributed by atoms with van der Waals surface area (Å²) in [5.41, 5.74) is 0.870. The Morgan fingerprint density at radius 1 is 0.941 bits per heavy atom. The molecule has 0 aromatic rings. The lowest BCUT2D eigenvalue weighted by molar-refractivity contribution is 0.137. The Morgan fingerprint density at radius 2 is 1.41 bits per heavy atom. The van der Waals surface area contributed by atoms with E-state index in [9.17, 15) is 0 Å². The third kappa shape index (κ3) is 7.46. The fourth-order valence-corrected chi connectivity index (χ4v) is 3.70. The van der Waals surface area contributed by atoms with Crippen molar-refractivity contribution in [3.05, 3.63) is 0 Å². The van der Waals surface area contributed by atoms with Crippen LogP contribution in [-0.2, 0) is 0 Å². The van der Waals surface area contributed by atoms with E-state index >= 15 is 0 Å². The van der Waals surface area contributed by atoms with Gasteiger partial charge in [-0.25, -0.2) is 0 Å². The zero-order valence-corrected chi connectivity index (χ0v) is 14.4. The fraction of sp³-hybridized carbons (Fsp3) is 1.00. The van der Waals surface area contributed by atoms with Crippen LogP contribution in [0.4, 0.5) is 0 Å². The highest BCUT2D eigenvalue weighted by Crippen LogP contribution is 2.33. The lowest BCUT2D eigenvalue weighted by Crippen LogP contribution is -2.40. The molecule has 0 N–H and O–H groups in total. The predicted molar refractivity (Wildman–Crippen MR) is 83.0 cm³/mol. The minimum Gasteiger partial charge on any atom is -0.305 e. The van der Waals surface area contributed by atoms with Crippen molar-refractivity contribution in [1.29, 1.82) is 0 Å². The summed E-state index contributed by atoms with van der Waals surface area (Å²) in [6.07, 6.45) is 5.24. The molecule has 0 fully saturated rings. The summed E-state index contributed by atoms with van der Waals surface area (Å²) in [6, 6.07) is 0. The van der Waals surface area contributed by atoms with E-state index in [0.29, 0.717) is 10.8 Å². The number of hydrogen-bond donors (Lipinski definition) is 0. The van der Waals surface area contributed by atoms with Crippen molar-refractivity contribution in [2.45, 2.75) is 60.3 Å². The molecule has 0 saturated carbocycles. The Kier molecular flexibility index (Phi) is 7.98. The zero-order chi connectivity index (χ0) is 13.5. The molecule has 0 rings (SSSR count). The van der Waals surface area contributed by atoms with Crippen molar-refractivity contribution >= 4 is 15.9 Å². The van der Waals surface area contributed by atoms with Gasteiger partial charge in [-0.05, 0) is 30.7 Å². The van der Waals surface area contributed by atoms with E-state index in [4.69, 9.17) is 0 Å². The second-order valence-corrected chi connectivity index (χ2v) is 7.43. The molecule has 0 aromatic heterocycles. The normalized spacial score (nSPS) is 13.4. The minimum atomic E-state index is 0.394. The second-order valence-electron chi connectivity index (χ2n) is 6.87. The first-order valence-electron chi connectivity index (χ1n) is 7.03. The molecular weight excluding hydrogens is 274 g/mol. The average Bonchev–Trinajstić information content (AvgIpc) is 2.15. The van der Waals surface area contributed by atoms with Crippen LogP contribution < -0.4 is 0 Å². The molecule has 17 heavy (non-hydrogen) atoms. The third-order valence-electron chi connectivity index (χ3n) is 3.19. The molecule has 0 unspecified atom stereocenters. The van der Waals surface area contributed by atoms with Crippen molar-refractivity contribution in [3.8, 4) is 0 Å². The lowest BCUT2D eigenvalue weighted by Gasteiger charge is -2.38. The number of nitrogens with zero attached hydrogens (tertiary/aromatic N) is 1. The maximum absolute atomic E-state index is 3.76. The molecule has 0 bridgehead atoms. The van der Waals surface area contributed by atoms with Gasteiger partial charge in [0.05, 0.1) is 0 Å². The molecule has 0 spiro atoms. The van der Waals surface area contributed by atoms with Gasteiger partial charge in [-0.15, -0.1) is 0 Å². The molecule has 0 radical (unpaired) electrons. The minimum absolute atomic E-state index is 0.394. The van der Waals surface area contributed by atoms with Gasteiger partial charge in [0.15, 0.2) is 0 Å². The Morgan fingerprint density at radius 3 is 1.71 bits per heavy atom. The van der Waals surface area contributed by atoms with Crippen LogP contribution in [0.25, 0.3) is 0 Å². The molecule has 0 atom stereocenters. The highest BCUT2D eigenvalue weighted by molar-refractivity contribution is 9.09. The molecule has 0 saturated heterocycles. The van der Waals surface area contributed by atoms with Gasteiger partial charge in [-0.3, -0.25) is 0 Å². The van der Waals surface area contributed by atoms with Crippen LogP contribution in [0.3, 0.4) is 0 Å². The Balaban J connectivity index is 4.50. The van der Waals surface area contributed by atoms with Crippen LogP contribution in [0.15, 0.2) is 0 Å². The first-order valence-corrected chi connectivity index (χ1v) is 8.15. The maximum Gasteiger partial charge on any atom is 0.0100 e. The van der Waals surface area contributed by atoms with Gasteiger partial charge in [0.25, 0.3) is 0 Å². The Labute approximate surface area is 117 Å². The summed E-state index contributed by atoms with van der Waals surface area (Å²) < 4.78 is 0. The van der Waals surface area contributed by atoms with E-state index in [1.807, 2.05) is 0 Å². The van der Waals surface area contributed by atoms with E-state index in [0.717, 1.165) is 5.33 Å². The summed E-state index contributed by atoms with van der Waals surface area (Å²) in [5.74, 6) is 0. The van der Waals surface area contributed by atoms with Gasteiger partial charge in [-0.2, -0.15) is 0 Å².